The molecule has 0 aliphatic heterocycles. The number of aliphatic hydroxyl groups is 1. The summed E-state index contributed by atoms with van der Waals surface area (Å²) in [5.41, 5.74) is 0. The molecule has 0 radical (unpaired) electrons. The Morgan fingerprint density at radius 1 is 1.47 bits per heavy atom. The lowest BCUT2D eigenvalue weighted by Gasteiger charge is -2.10. The fraction of sp³-hybridized carbons (Fsp3) is 0.364. The first-order valence-corrected chi connectivity index (χ1v) is 5.99. The lowest BCUT2D eigenvalue weighted by atomic mass is 10.3. The smallest absolute Gasteiger partial charge is 0.230 e. The van der Waals surface area contributed by atoms with Gasteiger partial charge in [-0.05, 0) is 25.1 Å². The van der Waals surface area contributed by atoms with Crippen molar-refractivity contribution in [3.63, 3.8) is 0 Å². The van der Waals surface area contributed by atoms with E-state index in [1.807, 2.05) is 0 Å². The first kappa shape index (κ1) is 13.9. The summed E-state index contributed by atoms with van der Waals surface area (Å²) in [6.45, 7) is 1.53. The van der Waals surface area contributed by atoms with Crippen LogP contribution in [0.15, 0.2) is 23.1 Å². The third-order valence-corrected chi connectivity index (χ3v) is 2.94. The van der Waals surface area contributed by atoms with Crippen molar-refractivity contribution >= 4 is 17.7 Å². The van der Waals surface area contributed by atoms with E-state index >= 15 is 0 Å². The zero-order valence-corrected chi connectivity index (χ0v) is 10.1. The van der Waals surface area contributed by atoms with Crippen molar-refractivity contribution in [3.05, 3.63) is 29.8 Å². The highest BCUT2D eigenvalue weighted by atomic mass is 32.2. The number of amides is 1. The minimum absolute atomic E-state index is 0.0927. The zero-order chi connectivity index (χ0) is 12.8. The van der Waals surface area contributed by atoms with Crippen LogP contribution in [0.2, 0.25) is 0 Å². The molecule has 2 N–H and O–H groups in total. The van der Waals surface area contributed by atoms with Gasteiger partial charge in [-0.15, -0.1) is 11.8 Å². The Balaban J connectivity index is 2.45. The van der Waals surface area contributed by atoms with E-state index in [4.69, 9.17) is 5.11 Å². The van der Waals surface area contributed by atoms with Crippen LogP contribution in [-0.2, 0) is 4.79 Å². The second-order valence-electron chi connectivity index (χ2n) is 3.52. The third kappa shape index (κ3) is 4.70. The Morgan fingerprint density at radius 3 is 2.76 bits per heavy atom. The largest absolute Gasteiger partial charge is 0.394 e. The summed E-state index contributed by atoms with van der Waals surface area (Å²) in [7, 11) is 0. The molecule has 0 aliphatic carbocycles. The van der Waals surface area contributed by atoms with Gasteiger partial charge in [0.1, 0.15) is 0 Å². The second kappa shape index (κ2) is 6.56. The summed E-state index contributed by atoms with van der Waals surface area (Å²) in [5, 5.41) is 11.3. The van der Waals surface area contributed by atoms with Crippen LogP contribution >= 0.6 is 11.8 Å². The molecule has 6 heteroatoms. The van der Waals surface area contributed by atoms with Gasteiger partial charge in [-0.2, -0.15) is 0 Å². The summed E-state index contributed by atoms with van der Waals surface area (Å²) in [4.78, 5) is 11.8. The van der Waals surface area contributed by atoms with Gasteiger partial charge in [0.05, 0.1) is 12.4 Å². The van der Waals surface area contributed by atoms with Gasteiger partial charge in [0.25, 0.3) is 0 Å². The Labute approximate surface area is 102 Å². The molecule has 0 fully saturated rings. The first-order valence-electron chi connectivity index (χ1n) is 5.01. The lowest BCUT2D eigenvalue weighted by molar-refractivity contribution is -0.119. The van der Waals surface area contributed by atoms with Crippen molar-refractivity contribution in [1.82, 2.24) is 5.32 Å². The average Bonchev–Trinajstić information content (AvgIpc) is 2.30. The van der Waals surface area contributed by atoms with E-state index in [1.54, 1.807) is 6.92 Å². The van der Waals surface area contributed by atoms with Crippen LogP contribution in [-0.4, -0.2) is 29.4 Å². The van der Waals surface area contributed by atoms with Crippen molar-refractivity contribution in [2.75, 3.05) is 12.4 Å². The minimum atomic E-state index is -0.931. The molecule has 0 aliphatic rings. The van der Waals surface area contributed by atoms with Gasteiger partial charge in [0.15, 0.2) is 11.6 Å². The number of rotatable bonds is 5. The van der Waals surface area contributed by atoms with E-state index in [0.717, 1.165) is 23.9 Å². The maximum atomic E-state index is 12.8. The van der Waals surface area contributed by atoms with Crippen molar-refractivity contribution in [2.45, 2.75) is 17.9 Å². The van der Waals surface area contributed by atoms with E-state index in [9.17, 15) is 13.6 Å². The van der Waals surface area contributed by atoms with E-state index < -0.39 is 11.6 Å². The van der Waals surface area contributed by atoms with Gasteiger partial charge in [0, 0.05) is 10.9 Å². The fourth-order valence-electron chi connectivity index (χ4n) is 1.08. The Kier molecular flexibility index (Phi) is 5.37. The number of nitrogens with one attached hydrogen (secondary N) is 1. The molecule has 17 heavy (non-hydrogen) atoms. The van der Waals surface area contributed by atoms with Crippen molar-refractivity contribution in [1.29, 1.82) is 0 Å². The van der Waals surface area contributed by atoms with Crippen molar-refractivity contribution in [2.24, 2.45) is 0 Å². The molecular formula is C11H13F2NO2S. The van der Waals surface area contributed by atoms with Gasteiger partial charge in [-0.25, -0.2) is 8.78 Å². The topological polar surface area (TPSA) is 49.3 Å². The van der Waals surface area contributed by atoms with Crippen LogP contribution in [0.4, 0.5) is 8.78 Å². The Hall–Kier alpha value is -1.14. The fourth-order valence-corrected chi connectivity index (χ4v) is 1.81. The number of carbonyl (C=O) groups is 1. The molecule has 1 amide bonds. The van der Waals surface area contributed by atoms with E-state index in [1.165, 1.54) is 6.07 Å². The number of hydrogen-bond acceptors (Lipinski definition) is 3. The molecule has 1 aromatic carbocycles. The molecular weight excluding hydrogens is 248 g/mol. The van der Waals surface area contributed by atoms with Gasteiger partial charge in [0.2, 0.25) is 5.91 Å². The molecule has 0 bridgehead atoms. The third-order valence-electron chi connectivity index (χ3n) is 1.94. The number of benzene rings is 1. The minimum Gasteiger partial charge on any atom is -0.394 e. The average molecular weight is 261 g/mol. The van der Waals surface area contributed by atoms with Crippen LogP contribution < -0.4 is 5.32 Å². The molecule has 0 heterocycles. The monoisotopic (exact) mass is 261 g/mol. The van der Waals surface area contributed by atoms with Crippen molar-refractivity contribution in [3.8, 4) is 0 Å². The van der Waals surface area contributed by atoms with Crippen LogP contribution in [0.3, 0.4) is 0 Å². The molecule has 1 rings (SSSR count). The highest BCUT2D eigenvalue weighted by molar-refractivity contribution is 8.00. The Morgan fingerprint density at radius 2 is 2.18 bits per heavy atom. The summed E-state index contributed by atoms with van der Waals surface area (Å²) < 4.78 is 25.5. The normalized spacial score (nSPS) is 12.2. The molecule has 1 aromatic rings. The van der Waals surface area contributed by atoms with Crippen LogP contribution in [0.1, 0.15) is 6.92 Å². The van der Waals surface area contributed by atoms with Gasteiger partial charge in [-0.1, -0.05) is 0 Å². The zero-order valence-electron chi connectivity index (χ0n) is 9.24. The summed E-state index contributed by atoms with van der Waals surface area (Å²) in [5.74, 6) is -2.01. The Bertz CT molecular complexity index is 401. The predicted molar refractivity (Wildman–Crippen MR) is 61.8 cm³/mol. The SMILES string of the molecule is C[C@H](CO)NC(=O)CSc1ccc(F)c(F)c1. The summed E-state index contributed by atoms with van der Waals surface area (Å²) in [6, 6.07) is 3.16. The van der Waals surface area contributed by atoms with Crippen LogP contribution in [0.25, 0.3) is 0 Å². The number of halogens is 2. The first-order chi connectivity index (χ1) is 8.02. The molecule has 0 aromatic heterocycles. The number of hydrogen-bond donors (Lipinski definition) is 2. The number of aliphatic hydroxyl groups excluding tert-OH is 1. The molecule has 0 saturated heterocycles. The van der Waals surface area contributed by atoms with E-state index in [2.05, 4.69) is 5.32 Å². The molecule has 0 saturated carbocycles. The van der Waals surface area contributed by atoms with Crippen LogP contribution in [0, 0.1) is 11.6 Å². The highest BCUT2D eigenvalue weighted by Gasteiger charge is 2.08. The molecule has 0 spiro atoms. The van der Waals surface area contributed by atoms with Crippen LogP contribution in [0.5, 0.6) is 0 Å². The summed E-state index contributed by atoms with van der Waals surface area (Å²) in [6.07, 6.45) is 0. The molecule has 94 valence electrons. The maximum absolute atomic E-state index is 12.8. The lowest BCUT2D eigenvalue weighted by Crippen LogP contribution is -2.36. The van der Waals surface area contributed by atoms with Crippen molar-refractivity contribution < 1.29 is 18.7 Å². The maximum Gasteiger partial charge on any atom is 0.230 e. The predicted octanol–water partition coefficient (Wildman–Crippen LogP) is 1.55. The van der Waals surface area contributed by atoms with E-state index in [0.29, 0.717) is 4.90 Å². The molecule has 0 unspecified atom stereocenters. The standard InChI is InChI=1S/C11H13F2NO2S/c1-7(5-15)14-11(16)6-17-8-2-3-9(12)10(13)4-8/h2-4,7,15H,5-6H2,1H3,(H,14,16)/t7-/m1/s1. The molecule has 1 atom stereocenters. The number of thioether (sulfide) groups is 1. The van der Waals surface area contributed by atoms with Gasteiger partial charge >= 0.3 is 0 Å². The quantitative estimate of drug-likeness (QED) is 0.791. The highest BCUT2D eigenvalue weighted by Crippen LogP contribution is 2.19. The number of carbonyl (C=O) groups excluding carboxylic acids is 1. The van der Waals surface area contributed by atoms with E-state index in [-0.39, 0.29) is 24.3 Å². The molecule has 3 nitrogen and oxygen atoms in total. The second-order valence-corrected chi connectivity index (χ2v) is 4.56. The van der Waals surface area contributed by atoms with Gasteiger partial charge in [-0.3, -0.25) is 4.79 Å². The summed E-state index contributed by atoms with van der Waals surface area (Å²) >= 11 is 1.10. The van der Waals surface area contributed by atoms with Gasteiger partial charge < -0.3 is 10.4 Å².